The van der Waals surface area contributed by atoms with Crippen molar-refractivity contribution >= 4 is 59.6 Å². The lowest BCUT2D eigenvalue weighted by atomic mass is 9.95. The number of amides is 5. The quantitative estimate of drug-likeness (QED) is 0.0357. The summed E-state index contributed by atoms with van der Waals surface area (Å²) in [5.41, 5.74) is -1.74. The van der Waals surface area contributed by atoms with Gasteiger partial charge in [0.1, 0.15) is 11.6 Å². The maximum Gasteiger partial charge on any atom is 0.329 e. The first-order valence-corrected chi connectivity index (χ1v) is 23.3. The molecule has 0 aromatic carbocycles. The third kappa shape index (κ3) is 30.6. The molecule has 0 spiro atoms. The van der Waals surface area contributed by atoms with Gasteiger partial charge >= 0.3 is 41.8 Å². The summed E-state index contributed by atoms with van der Waals surface area (Å²) in [7, 11) is 0. The van der Waals surface area contributed by atoms with Gasteiger partial charge in [-0.1, -0.05) is 25.7 Å². The van der Waals surface area contributed by atoms with E-state index in [1.54, 1.807) is 14.7 Å². The van der Waals surface area contributed by atoms with E-state index in [2.05, 4.69) is 26.6 Å². The van der Waals surface area contributed by atoms with Crippen LogP contribution in [-0.4, -0.2) is 220 Å². The molecule has 1 aliphatic rings. The summed E-state index contributed by atoms with van der Waals surface area (Å²) in [6.45, 7) is 4.32. The number of hydrogen-bond acceptors (Lipinski definition) is 14. The molecule has 1 fully saturated rings. The smallest absolute Gasteiger partial charge is 0.329 e. The van der Waals surface area contributed by atoms with E-state index in [0.717, 1.165) is 38.5 Å². The number of carboxylic acids is 6. The van der Waals surface area contributed by atoms with Crippen LogP contribution in [0.3, 0.4) is 0 Å². The number of carbonyl (C=O) groups excluding carboxylic acids is 4. The molecule has 0 saturated carbocycles. The predicted molar refractivity (Wildman–Crippen MR) is 244 cm³/mol. The summed E-state index contributed by atoms with van der Waals surface area (Å²) in [5, 5.41) is 68.8. The van der Waals surface area contributed by atoms with Crippen LogP contribution < -0.4 is 26.6 Å². The van der Waals surface area contributed by atoms with E-state index in [1.165, 1.54) is 6.92 Å². The SMILES string of the molecule is C[C@@](CCCCNC(=O)CCCCCCC(=O)NCCCCCCNC(=O)CN1CCN(CC(=O)O)CCN(CC(=O)O)CCN(CC(=O)O)CC1)(NC(=O)N[C@@H](CCC(=O)O)C(=O)O)C(=O)O. The second-order valence-electron chi connectivity index (χ2n) is 17.2. The average Bonchev–Trinajstić information content (AvgIpc) is 3.24. The van der Waals surface area contributed by atoms with Crippen molar-refractivity contribution in [3.05, 3.63) is 0 Å². The van der Waals surface area contributed by atoms with Crippen molar-refractivity contribution in [3.63, 3.8) is 0 Å². The van der Waals surface area contributed by atoms with Gasteiger partial charge in [0.25, 0.3) is 0 Å². The zero-order valence-corrected chi connectivity index (χ0v) is 39.3. The van der Waals surface area contributed by atoms with Gasteiger partial charge in [-0.05, 0) is 58.3 Å². The van der Waals surface area contributed by atoms with E-state index in [4.69, 9.17) is 5.11 Å². The van der Waals surface area contributed by atoms with Gasteiger partial charge < -0.3 is 57.2 Å². The van der Waals surface area contributed by atoms with Crippen LogP contribution in [0.2, 0.25) is 0 Å². The third-order valence-corrected chi connectivity index (χ3v) is 11.2. The highest BCUT2D eigenvalue weighted by Crippen LogP contribution is 2.15. The summed E-state index contributed by atoms with van der Waals surface area (Å²) in [4.78, 5) is 125. The van der Waals surface area contributed by atoms with E-state index in [1.807, 2.05) is 4.90 Å². The van der Waals surface area contributed by atoms with Crippen molar-refractivity contribution in [2.24, 2.45) is 0 Å². The standard InChI is InChI=1S/C43H75N9O16/c1-43(41(66)67,48-42(68)47-32(40(64)65)14-15-36(56)57)16-8-11-19-45-34(54)13-7-3-2-6-12-33(53)44-17-9-4-5-10-18-46-35(55)28-49-20-22-50(29-37(58)59)24-26-52(31-39(62)63)27-25-51(23-21-49)30-38(60)61/h32H,2-31H2,1H3,(H,44,53)(H,45,54)(H,46,55)(H,56,57)(H,58,59)(H,60,61)(H,62,63)(H,64,65)(H,66,67)(H2,47,48,68)/t32-,43-/m0/s1. The molecule has 68 heavy (non-hydrogen) atoms. The lowest BCUT2D eigenvalue weighted by Crippen LogP contribution is -2.57. The topological polar surface area (TPSA) is 365 Å². The molecule has 0 aliphatic carbocycles. The predicted octanol–water partition coefficient (Wildman–Crippen LogP) is -0.658. The first-order valence-electron chi connectivity index (χ1n) is 23.3. The van der Waals surface area contributed by atoms with E-state index < -0.39 is 59.8 Å². The van der Waals surface area contributed by atoms with Crippen molar-refractivity contribution in [1.29, 1.82) is 0 Å². The molecule has 0 unspecified atom stereocenters. The van der Waals surface area contributed by atoms with E-state index in [-0.39, 0.29) is 89.5 Å². The van der Waals surface area contributed by atoms with Crippen molar-refractivity contribution in [1.82, 2.24) is 46.2 Å². The van der Waals surface area contributed by atoms with Crippen molar-refractivity contribution in [3.8, 4) is 0 Å². The number of unbranched alkanes of at least 4 members (excludes halogenated alkanes) is 7. The third-order valence-electron chi connectivity index (χ3n) is 11.2. The minimum atomic E-state index is -1.74. The van der Waals surface area contributed by atoms with E-state index >= 15 is 0 Å². The van der Waals surface area contributed by atoms with Crippen LogP contribution in [0.5, 0.6) is 0 Å². The number of urea groups is 1. The Hall–Kier alpha value is -5.66. The zero-order valence-electron chi connectivity index (χ0n) is 39.3. The molecule has 2 atom stereocenters. The molecule has 1 saturated heterocycles. The van der Waals surface area contributed by atoms with Gasteiger partial charge in [-0.25, -0.2) is 14.4 Å². The highest BCUT2D eigenvalue weighted by molar-refractivity contribution is 5.88. The van der Waals surface area contributed by atoms with Gasteiger partial charge in [-0.2, -0.15) is 0 Å². The number of carboxylic acid groups (broad SMARTS) is 6. The van der Waals surface area contributed by atoms with Gasteiger partial charge in [0.2, 0.25) is 17.7 Å². The fourth-order valence-electron chi connectivity index (χ4n) is 7.23. The number of hydrogen-bond donors (Lipinski definition) is 11. The second kappa shape index (κ2) is 34.6. The fraction of sp³-hybridized carbons (Fsp3) is 0.767. The molecule has 1 aliphatic heterocycles. The molecule has 5 amide bonds. The summed E-state index contributed by atoms with van der Waals surface area (Å²) >= 11 is 0. The summed E-state index contributed by atoms with van der Waals surface area (Å²) in [5.74, 6) is -7.56. The van der Waals surface area contributed by atoms with Crippen molar-refractivity contribution in [2.75, 3.05) is 98.2 Å². The van der Waals surface area contributed by atoms with Crippen LogP contribution in [0.4, 0.5) is 4.79 Å². The van der Waals surface area contributed by atoms with Gasteiger partial charge in [0.05, 0.1) is 26.2 Å². The number of rotatable bonds is 34. The first kappa shape index (κ1) is 60.4. The van der Waals surface area contributed by atoms with Crippen LogP contribution >= 0.6 is 0 Å². The van der Waals surface area contributed by atoms with Crippen molar-refractivity contribution < 1.29 is 78.6 Å². The van der Waals surface area contributed by atoms with Crippen LogP contribution in [0.25, 0.3) is 0 Å². The minimum Gasteiger partial charge on any atom is -0.481 e. The Morgan fingerprint density at radius 2 is 0.824 bits per heavy atom. The monoisotopic (exact) mass is 974 g/mol. The normalized spacial score (nSPS) is 15.8. The maximum absolute atomic E-state index is 12.9. The molecule has 1 rings (SSSR count). The molecule has 0 bridgehead atoms. The van der Waals surface area contributed by atoms with Crippen LogP contribution in [0.15, 0.2) is 0 Å². The molecule has 25 nitrogen and oxygen atoms in total. The van der Waals surface area contributed by atoms with Crippen LogP contribution in [-0.2, 0) is 43.2 Å². The Kier molecular flexibility index (Phi) is 30.7. The lowest BCUT2D eigenvalue weighted by molar-refractivity contribution is -0.144. The van der Waals surface area contributed by atoms with Gasteiger partial charge in [-0.3, -0.25) is 53.2 Å². The number of carbonyl (C=O) groups is 10. The van der Waals surface area contributed by atoms with Crippen LogP contribution in [0, 0.1) is 0 Å². The minimum absolute atomic E-state index is 0.0140. The number of nitrogens with one attached hydrogen (secondary N) is 5. The Balaban J connectivity index is 2.25. The Morgan fingerprint density at radius 3 is 1.19 bits per heavy atom. The highest BCUT2D eigenvalue weighted by Gasteiger charge is 2.35. The highest BCUT2D eigenvalue weighted by atomic mass is 16.4. The van der Waals surface area contributed by atoms with Crippen LogP contribution in [0.1, 0.15) is 103 Å². The van der Waals surface area contributed by atoms with E-state index in [0.29, 0.717) is 77.8 Å². The zero-order chi connectivity index (χ0) is 50.9. The van der Waals surface area contributed by atoms with Gasteiger partial charge in [-0.15, -0.1) is 0 Å². The maximum atomic E-state index is 12.9. The van der Waals surface area contributed by atoms with Gasteiger partial charge in [0.15, 0.2) is 0 Å². The molecule has 11 N–H and O–H groups in total. The Morgan fingerprint density at radius 1 is 0.456 bits per heavy atom. The Bertz CT molecular complexity index is 1610. The molecule has 0 aromatic heterocycles. The molecule has 388 valence electrons. The first-order chi connectivity index (χ1) is 32.2. The summed E-state index contributed by atoms with van der Waals surface area (Å²) in [6.07, 6.45) is 6.51. The fourth-order valence-corrected chi connectivity index (χ4v) is 7.23. The Labute approximate surface area is 396 Å². The van der Waals surface area contributed by atoms with Crippen molar-refractivity contribution in [2.45, 2.75) is 115 Å². The lowest BCUT2D eigenvalue weighted by Gasteiger charge is -2.32. The molecular weight excluding hydrogens is 899 g/mol. The average molecular weight is 974 g/mol. The summed E-state index contributed by atoms with van der Waals surface area (Å²) in [6, 6.07) is -2.58. The molecule has 0 aromatic rings. The largest absolute Gasteiger partial charge is 0.481 e. The van der Waals surface area contributed by atoms with Gasteiger partial charge in [0, 0.05) is 91.3 Å². The second-order valence-corrected chi connectivity index (χ2v) is 17.2. The molecular formula is C43H75N9O16. The number of nitrogens with zero attached hydrogens (tertiary/aromatic N) is 4. The van der Waals surface area contributed by atoms with E-state index in [9.17, 15) is 73.5 Å². The summed E-state index contributed by atoms with van der Waals surface area (Å²) < 4.78 is 0. The molecule has 25 heteroatoms. The number of aliphatic carboxylic acids is 6. The molecule has 1 heterocycles. The molecule has 0 radical (unpaired) electrons.